The van der Waals surface area contributed by atoms with Gasteiger partial charge in [0.2, 0.25) is 0 Å². The van der Waals surface area contributed by atoms with E-state index in [4.69, 9.17) is 0 Å². The topological polar surface area (TPSA) is 42.7 Å². The Labute approximate surface area is 121 Å². The first-order valence-corrected chi connectivity index (χ1v) is 7.90. The highest BCUT2D eigenvalue weighted by atomic mass is 32.1. The third-order valence-corrected chi connectivity index (χ3v) is 4.74. The number of aromatic nitrogens is 3. The molecule has 1 aliphatic rings. The zero-order valence-corrected chi connectivity index (χ0v) is 12.0. The summed E-state index contributed by atoms with van der Waals surface area (Å²) in [5.41, 5.74) is 1.14. The van der Waals surface area contributed by atoms with E-state index in [1.54, 1.807) is 11.3 Å². The summed E-state index contributed by atoms with van der Waals surface area (Å²) >= 11 is 1.78. The molecule has 0 aliphatic carbocycles. The molecule has 0 spiro atoms. The van der Waals surface area contributed by atoms with Crippen LogP contribution in [0.1, 0.15) is 24.5 Å². The van der Waals surface area contributed by atoms with E-state index >= 15 is 0 Å². The van der Waals surface area contributed by atoms with Gasteiger partial charge in [0.25, 0.3) is 0 Å². The van der Waals surface area contributed by atoms with Crippen LogP contribution in [0.2, 0.25) is 0 Å². The smallest absolute Gasteiger partial charge is 0.152 e. The largest absolute Gasteiger partial charge is 0.378 e. The lowest BCUT2D eigenvalue weighted by Crippen LogP contribution is -2.15. The van der Waals surface area contributed by atoms with Crippen LogP contribution in [0.5, 0.6) is 0 Å². The molecule has 0 saturated carbocycles. The molecule has 0 amide bonds. The van der Waals surface area contributed by atoms with Crippen LogP contribution in [0, 0.1) is 0 Å². The fraction of sp³-hybridized carbons (Fsp3) is 0.333. The quantitative estimate of drug-likeness (QED) is 0.801. The van der Waals surface area contributed by atoms with Crippen molar-refractivity contribution in [3.63, 3.8) is 0 Å². The number of anilines is 1. The van der Waals surface area contributed by atoms with Crippen molar-refractivity contribution in [1.82, 2.24) is 14.8 Å². The average molecular weight is 284 g/mol. The normalized spacial score (nSPS) is 14.4. The molecule has 4 rings (SSSR count). The lowest BCUT2D eigenvalue weighted by atomic mass is 10.2. The summed E-state index contributed by atoms with van der Waals surface area (Å²) in [7, 11) is 0. The maximum atomic E-state index is 4.32. The maximum absolute atomic E-state index is 4.32. The van der Waals surface area contributed by atoms with Gasteiger partial charge in [0.15, 0.2) is 5.82 Å². The molecule has 3 aromatic rings. The van der Waals surface area contributed by atoms with E-state index in [2.05, 4.69) is 49.7 Å². The van der Waals surface area contributed by atoms with E-state index in [0.717, 1.165) is 36.8 Å². The van der Waals surface area contributed by atoms with Crippen molar-refractivity contribution in [1.29, 1.82) is 0 Å². The maximum Gasteiger partial charge on any atom is 0.152 e. The number of rotatable bonds is 3. The molecule has 0 unspecified atom stereocenters. The predicted molar refractivity (Wildman–Crippen MR) is 82.1 cm³/mol. The molecule has 0 bridgehead atoms. The lowest BCUT2D eigenvalue weighted by molar-refractivity contribution is 0.510. The number of nitrogens with zero attached hydrogens (tertiary/aromatic N) is 3. The Bertz CT molecular complexity index is 743. The summed E-state index contributed by atoms with van der Waals surface area (Å²) in [6.45, 7) is 1.80. The van der Waals surface area contributed by atoms with E-state index in [-0.39, 0.29) is 0 Å². The molecule has 0 fully saturated rings. The van der Waals surface area contributed by atoms with Gasteiger partial charge in [-0.15, -0.1) is 21.5 Å². The van der Waals surface area contributed by atoms with Gasteiger partial charge < -0.3 is 9.88 Å². The van der Waals surface area contributed by atoms with Crippen LogP contribution in [0.15, 0.2) is 29.6 Å². The number of thiophene rings is 1. The molecule has 4 nitrogen and oxygen atoms in total. The fourth-order valence-corrected chi connectivity index (χ4v) is 3.53. The van der Waals surface area contributed by atoms with E-state index in [9.17, 15) is 0 Å². The van der Waals surface area contributed by atoms with Crippen molar-refractivity contribution < 1.29 is 0 Å². The summed E-state index contributed by atoms with van der Waals surface area (Å²) in [5.74, 6) is 2.19. The van der Waals surface area contributed by atoms with E-state index in [1.807, 2.05) is 0 Å². The fourth-order valence-electron chi connectivity index (χ4n) is 2.76. The van der Waals surface area contributed by atoms with Crippen molar-refractivity contribution in [3.05, 3.63) is 41.3 Å². The van der Waals surface area contributed by atoms with Crippen LogP contribution in [0.3, 0.4) is 0 Å². The molecular formula is C15H16N4S. The van der Waals surface area contributed by atoms with Crippen LogP contribution in [0.25, 0.3) is 10.1 Å². The van der Waals surface area contributed by atoms with Gasteiger partial charge in [0, 0.05) is 23.4 Å². The van der Waals surface area contributed by atoms with Crippen molar-refractivity contribution in [3.8, 4) is 0 Å². The SMILES string of the molecule is c1cc2cc(NCc3nnc4n3CCCC4)ccc2s1. The molecule has 5 heteroatoms. The van der Waals surface area contributed by atoms with Crippen molar-refractivity contribution >= 4 is 27.1 Å². The number of hydrogen-bond acceptors (Lipinski definition) is 4. The number of nitrogens with one attached hydrogen (secondary N) is 1. The Balaban J connectivity index is 1.53. The molecule has 0 atom stereocenters. The zero-order valence-electron chi connectivity index (χ0n) is 11.2. The first kappa shape index (κ1) is 11.9. The monoisotopic (exact) mass is 284 g/mol. The Morgan fingerprint density at radius 2 is 2.20 bits per heavy atom. The standard InChI is InChI=1S/C15H16N4S/c1-2-7-19-14(3-1)17-18-15(19)10-16-12-4-5-13-11(9-12)6-8-20-13/h4-6,8-9,16H,1-3,7,10H2. The van der Waals surface area contributed by atoms with Gasteiger partial charge in [-0.3, -0.25) is 0 Å². The first-order chi connectivity index (χ1) is 9.90. The van der Waals surface area contributed by atoms with Crippen LogP contribution < -0.4 is 5.32 Å². The van der Waals surface area contributed by atoms with Gasteiger partial charge in [-0.1, -0.05) is 0 Å². The zero-order chi connectivity index (χ0) is 13.4. The average Bonchev–Trinajstić information content (AvgIpc) is 3.11. The minimum Gasteiger partial charge on any atom is -0.378 e. The van der Waals surface area contributed by atoms with Gasteiger partial charge >= 0.3 is 0 Å². The second-order valence-electron chi connectivity index (χ2n) is 5.17. The van der Waals surface area contributed by atoms with Crippen LogP contribution in [-0.2, 0) is 19.5 Å². The highest BCUT2D eigenvalue weighted by Gasteiger charge is 2.15. The summed E-state index contributed by atoms with van der Waals surface area (Å²) < 4.78 is 3.59. The van der Waals surface area contributed by atoms with Gasteiger partial charge in [0.1, 0.15) is 5.82 Å². The number of hydrogen-bond donors (Lipinski definition) is 1. The van der Waals surface area contributed by atoms with Gasteiger partial charge in [-0.2, -0.15) is 0 Å². The molecule has 0 saturated heterocycles. The van der Waals surface area contributed by atoms with Crippen LogP contribution in [0.4, 0.5) is 5.69 Å². The minimum absolute atomic E-state index is 0.739. The molecule has 1 N–H and O–H groups in total. The Morgan fingerprint density at radius 1 is 1.20 bits per heavy atom. The molecule has 20 heavy (non-hydrogen) atoms. The summed E-state index contributed by atoms with van der Waals surface area (Å²) in [5, 5.41) is 15.5. The molecule has 2 aromatic heterocycles. The van der Waals surface area contributed by atoms with Gasteiger partial charge in [0.05, 0.1) is 6.54 Å². The first-order valence-electron chi connectivity index (χ1n) is 7.02. The highest BCUT2D eigenvalue weighted by molar-refractivity contribution is 7.17. The Hall–Kier alpha value is -1.88. The molecule has 3 heterocycles. The molecule has 1 aromatic carbocycles. The molecule has 102 valence electrons. The second kappa shape index (κ2) is 4.90. The molecule has 0 radical (unpaired) electrons. The third kappa shape index (κ3) is 2.08. The molecule has 1 aliphatic heterocycles. The summed E-state index contributed by atoms with van der Waals surface area (Å²) in [4.78, 5) is 0. The van der Waals surface area contributed by atoms with Gasteiger partial charge in [-0.25, -0.2) is 0 Å². The number of benzene rings is 1. The second-order valence-corrected chi connectivity index (χ2v) is 6.12. The van der Waals surface area contributed by atoms with E-state index in [0.29, 0.717) is 0 Å². The number of fused-ring (bicyclic) bond motifs is 2. The minimum atomic E-state index is 0.739. The van der Waals surface area contributed by atoms with Gasteiger partial charge in [-0.05, 0) is 47.9 Å². The van der Waals surface area contributed by atoms with Crippen LogP contribution in [-0.4, -0.2) is 14.8 Å². The summed E-state index contributed by atoms with van der Waals surface area (Å²) in [6, 6.07) is 8.65. The predicted octanol–water partition coefficient (Wildman–Crippen LogP) is 3.44. The Morgan fingerprint density at radius 3 is 3.20 bits per heavy atom. The lowest BCUT2D eigenvalue weighted by Gasteiger charge is -2.15. The molecular weight excluding hydrogens is 268 g/mol. The van der Waals surface area contributed by atoms with Crippen molar-refractivity contribution in [2.75, 3.05) is 5.32 Å². The highest BCUT2D eigenvalue weighted by Crippen LogP contribution is 2.24. The third-order valence-electron chi connectivity index (χ3n) is 3.84. The number of aryl methyl sites for hydroxylation is 1. The Kier molecular flexibility index (Phi) is 2.92. The van der Waals surface area contributed by atoms with Crippen molar-refractivity contribution in [2.45, 2.75) is 32.4 Å². The van der Waals surface area contributed by atoms with Crippen LogP contribution >= 0.6 is 11.3 Å². The van der Waals surface area contributed by atoms with E-state index < -0.39 is 0 Å². The van der Waals surface area contributed by atoms with E-state index in [1.165, 1.54) is 22.9 Å². The summed E-state index contributed by atoms with van der Waals surface area (Å²) in [6.07, 6.45) is 3.53. The van der Waals surface area contributed by atoms with Crippen molar-refractivity contribution in [2.24, 2.45) is 0 Å².